The van der Waals surface area contributed by atoms with Crippen LogP contribution >= 0.6 is 12.4 Å². The number of rotatable bonds is 6. The van der Waals surface area contributed by atoms with Crippen LogP contribution < -0.4 is 10.0 Å². The average molecular weight is 329 g/mol. The van der Waals surface area contributed by atoms with Crippen LogP contribution in [0.3, 0.4) is 0 Å². The van der Waals surface area contributed by atoms with Gasteiger partial charge in [0.05, 0.1) is 9.79 Å². The van der Waals surface area contributed by atoms with Gasteiger partial charge in [-0.3, -0.25) is 0 Å². The molecule has 1 aromatic carbocycles. The van der Waals surface area contributed by atoms with Crippen molar-refractivity contribution in [2.24, 2.45) is 0 Å². The molecule has 0 fully saturated rings. The van der Waals surface area contributed by atoms with Crippen molar-refractivity contribution in [1.82, 2.24) is 10.0 Å². The minimum absolute atomic E-state index is 0. The zero-order chi connectivity index (χ0) is 13.8. The van der Waals surface area contributed by atoms with E-state index in [1.807, 2.05) is 0 Å². The van der Waals surface area contributed by atoms with Crippen LogP contribution in [0.15, 0.2) is 34.1 Å². The van der Waals surface area contributed by atoms with Gasteiger partial charge in [-0.15, -0.1) is 12.4 Å². The quantitative estimate of drug-likeness (QED) is 0.718. The molecule has 0 heterocycles. The van der Waals surface area contributed by atoms with Crippen molar-refractivity contribution in [3.63, 3.8) is 0 Å². The lowest BCUT2D eigenvalue weighted by Gasteiger charge is -2.06. The van der Waals surface area contributed by atoms with E-state index < -0.39 is 19.9 Å². The Balaban J connectivity index is 0.00000324. The Morgan fingerprint density at radius 2 is 1.42 bits per heavy atom. The molecule has 19 heavy (non-hydrogen) atoms. The molecule has 0 radical (unpaired) electrons. The summed E-state index contributed by atoms with van der Waals surface area (Å²) in [6, 6.07) is 5.11. The van der Waals surface area contributed by atoms with E-state index in [0.29, 0.717) is 6.54 Å². The molecule has 0 unspecified atom stereocenters. The summed E-state index contributed by atoms with van der Waals surface area (Å²) in [5.41, 5.74) is 0. The predicted octanol–water partition coefficient (Wildman–Crippen LogP) is 0.00960. The Morgan fingerprint density at radius 3 is 1.84 bits per heavy atom. The molecule has 9 heteroatoms. The maximum atomic E-state index is 11.8. The van der Waals surface area contributed by atoms with E-state index in [-0.39, 0.29) is 28.7 Å². The van der Waals surface area contributed by atoms with Crippen molar-refractivity contribution in [1.29, 1.82) is 0 Å². The van der Waals surface area contributed by atoms with Crippen LogP contribution in [0.1, 0.15) is 0 Å². The molecule has 0 aliphatic rings. The molecule has 0 bridgehead atoms. The first-order chi connectivity index (χ1) is 8.27. The first kappa shape index (κ1) is 18.3. The number of hydrogen-bond donors (Lipinski definition) is 2. The normalized spacial score (nSPS) is 11.9. The van der Waals surface area contributed by atoms with Crippen LogP contribution in [-0.4, -0.2) is 43.2 Å². The van der Waals surface area contributed by atoms with E-state index in [4.69, 9.17) is 0 Å². The van der Waals surface area contributed by atoms with Crippen LogP contribution in [0, 0.1) is 0 Å². The van der Waals surface area contributed by atoms with Gasteiger partial charge in [0, 0.05) is 19.3 Å². The van der Waals surface area contributed by atoms with Crippen LogP contribution in [0.4, 0.5) is 0 Å². The summed E-state index contributed by atoms with van der Waals surface area (Å²) in [5, 5.41) is 2.81. The minimum Gasteiger partial charge on any atom is -0.318 e. The summed E-state index contributed by atoms with van der Waals surface area (Å²) < 4.78 is 48.4. The second-order valence-electron chi connectivity index (χ2n) is 3.74. The lowest BCUT2D eigenvalue weighted by molar-refractivity contribution is 0.579. The molecule has 0 atom stereocenters. The highest BCUT2D eigenvalue weighted by atomic mass is 35.5. The first-order valence-corrected chi connectivity index (χ1v) is 8.59. The molecule has 0 spiro atoms. The Labute approximate surface area is 120 Å². The highest BCUT2D eigenvalue weighted by Gasteiger charge is 2.14. The van der Waals surface area contributed by atoms with E-state index in [1.54, 1.807) is 7.05 Å². The fourth-order valence-electron chi connectivity index (χ4n) is 1.26. The lowest BCUT2D eigenvalue weighted by Crippen LogP contribution is -2.30. The predicted molar refractivity (Wildman–Crippen MR) is 75.9 cm³/mol. The number of nitrogens with one attached hydrogen (secondary N) is 2. The zero-order valence-corrected chi connectivity index (χ0v) is 13.0. The van der Waals surface area contributed by atoms with Crippen LogP contribution in [0.25, 0.3) is 0 Å². The van der Waals surface area contributed by atoms with Gasteiger partial charge in [-0.05, 0) is 31.3 Å². The molecule has 6 nitrogen and oxygen atoms in total. The average Bonchev–Trinajstić information content (AvgIpc) is 2.28. The SMILES string of the molecule is CNCCNS(=O)(=O)c1ccc(S(C)(=O)=O)cc1.Cl. The highest BCUT2D eigenvalue weighted by Crippen LogP contribution is 2.13. The van der Waals surface area contributed by atoms with Gasteiger partial charge in [0.15, 0.2) is 9.84 Å². The van der Waals surface area contributed by atoms with Crippen molar-refractivity contribution in [3.05, 3.63) is 24.3 Å². The second kappa shape index (κ2) is 7.20. The third kappa shape index (κ3) is 5.45. The fraction of sp³-hybridized carbons (Fsp3) is 0.400. The Morgan fingerprint density at radius 1 is 0.947 bits per heavy atom. The first-order valence-electron chi connectivity index (χ1n) is 5.22. The van der Waals surface area contributed by atoms with Crippen molar-refractivity contribution in [2.75, 3.05) is 26.4 Å². The summed E-state index contributed by atoms with van der Waals surface area (Å²) >= 11 is 0. The van der Waals surface area contributed by atoms with Crippen molar-refractivity contribution in [3.8, 4) is 0 Å². The maximum absolute atomic E-state index is 11.8. The molecular weight excluding hydrogens is 312 g/mol. The molecule has 110 valence electrons. The topological polar surface area (TPSA) is 92.3 Å². The van der Waals surface area contributed by atoms with Crippen molar-refractivity contribution < 1.29 is 16.8 Å². The number of sulfonamides is 1. The number of halogens is 1. The Hall–Kier alpha value is -0.670. The third-order valence-electron chi connectivity index (χ3n) is 2.23. The Kier molecular flexibility index (Phi) is 6.95. The van der Waals surface area contributed by atoms with Crippen molar-refractivity contribution >= 4 is 32.3 Å². The fourth-order valence-corrected chi connectivity index (χ4v) is 2.92. The summed E-state index contributed by atoms with van der Waals surface area (Å²) in [7, 11) is -5.17. The van der Waals surface area contributed by atoms with Gasteiger partial charge in [0.25, 0.3) is 0 Å². The van der Waals surface area contributed by atoms with E-state index in [1.165, 1.54) is 24.3 Å². The molecule has 0 aromatic heterocycles. The molecule has 0 aliphatic heterocycles. The smallest absolute Gasteiger partial charge is 0.240 e. The number of benzene rings is 1. The maximum Gasteiger partial charge on any atom is 0.240 e. The molecule has 0 saturated carbocycles. The van der Waals surface area contributed by atoms with Crippen LogP contribution in [-0.2, 0) is 19.9 Å². The molecule has 1 aromatic rings. The number of hydrogen-bond acceptors (Lipinski definition) is 5. The number of sulfone groups is 1. The largest absolute Gasteiger partial charge is 0.318 e. The monoisotopic (exact) mass is 328 g/mol. The third-order valence-corrected chi connectivity index (χ3v) is 4.83. The summed E-state index contributed by atoms with van der Waals surface area (Å²) in [4.78, 5) is 0.141. The van der Waals surface area contributed by atoms with Crippen LogP contribution in [0.5, 0.6) is 0 Å². The van der Waals surface area contributed by atoms with Gasteiger partial charge in [-0.2, -0.15) is 0 Å². The van der Waals surface area contributed by atoms with E-state index in [2.05, 4.69) is 10.0 Å². The standard InChI is InChI=1S/C10H16N2O4S2.ClH/c1-11-7-8-12-18(15,16)10-5-3-9(4-6-10)17(2,13)14;/h3-6,11-12H,7-8H2,1-2H3;1H. The van der Waals surface area contributed by atoms with Gasteiger partial charge in [0.2, 0.25) is 10.0 Å². The molecule has 0 aliphatic carbocycles. The molecule has 0 amide bonds. The Bertz CT molecular complexity index is 597. The van der Waals surface area contributed by atoms with Gasteiger partial charge >= 0.3 is 0 Å². The minimum atomic E-state index is -3.58. The molecular formula is C10H17ClN2O4S2. The summed E-state index contributed by atoms with van der Waals surface area (Å²) in [5.74, 6) is 0. The van der Waals surface area contributed by atoms with Crippen LogP contribution in [0.2, 0.25) is 0 Å². The molecule has 1 rings (SSSR count). The van der Waals surface area contributed by atoms with Crippen molar-refractivity contribution in [2.45, 2.75) is 9.79 Å². The summed E-state index contributed by atoms with van der Waals surface area (Å²) in [6.45, 7) is 0.785. The lowest BCUT2D eigenvalue weighted by atomic mass is 10.4. The molecule has 2 N–H and O–H groups in total. The number of likely N-dealkylation sites (N-methyl/N-ethyl adjacent to an activating group) is 1. The van der Waals surface area contributed by atoms with Gasteiger partial charge in [-0.25, -0.2) is 21.6 Å². The van der Waals surface area contributed by atoms with Gasteiger partial charge < -0.3 is 5.32 Å². The second-order valence-corrected chi connectivity index (χ2v) is 7.53. The molecule has 0 saturated heterocycles. The highest BCUT2D eigenvalue weighted by molar-refractivity contribution is 7.90. The summed E-state index contributed by atoms with van der Waals surface area (Å²) in [6.07, 6.45) is 1.07. The van der Waals surface area contributed by atoms with E-state index >= 15 is 0 Å². The van der Waals surface area contributed by atoms with Gasteiger partial charge in [0.1, 0.15) is 0 Å². The zero-order valence-electron chi connectivity index (χ0n) is 10.6. The van der Waals surface area contributed by atoms with E-state index in [0.717, 1.165) is 6.26 Å². The van der Waals surface area contributed by atoms with Gasteiger partial charge in [-0.1, -0.05) is 0 Å². The van der Waals surface area contributed by atoms with E-state index in [9.17, 15) is 16.8 Å².